The van der Waals surface area contributed by atoms with Crippen molar-refractivity contribution >= 4 is 64.2 Å². The third-order valence-electron chi connectivity index (χ3n) is 13.7. The van der Waals surface area contributed by atoms with Crippen LogP contribution in [0.3, 0.4) is 0 Å². The Morgan fingerprint density at radius 1 is 0.910 bits per heavy atom. The number of amidine groups is 1. The number of allylic oxidation sites excluding steroid dienone is 1. The minimum atomic E-state index is -2.79. The zero-order valence-electron chi connectivity index (χ0n) is 38.7. The second kappa shape index (κ2) is 22.5. The number of likely N-dealkylation sites (tertiary alicyclic amines) is 2. The van der Waals surface area contributed by atoms with E-state index in [1.54, 1.807) is 41.1 Å². The number of hydrogen-bond acceptors (Lipinski definition) is 11. The van der Waals surface area contributed by atoms with Gasteiger partial charge in [-0.3, -0.25) is 39.6 Å². The third kappa shape index (κ3) is 12.4. The van der Waals surface area contributed by atoms with Crippen molar-refractivity contribution in [2.45, 2.75) is 102 Å². The molecule has 7 rings (SSSR count). The molecule has 5 heterocycles. The minimum Gasteiger partial charge on any atom is -0.393 e. The molecule has 67 heavy (non-hydrogen) atoms. The SMILES string of the molecule is CN/C=C(\C=N)c1cc2c(cc1C(F)F)N(C(=N)C1=C(NC3CCN(C(=O)CCCC4CCN(CC(=O)Nc5cccc(NC6CCC(=O)NC6=O)c5)CC4)CC3)CCN(C(C)=O)C1)CCC2. The van der Waals surface area contributed by atoms with E-state index in [0.29, 0.717) is 98.0 Å². The molecule has 0 spiro atoms. The number of piperidine rings is 3. The van der Waals surface area contributed by atoms with Gasteiger partial charge in [0.1, 0.15) is 11.9 Å². The second-order valence-corrected chi connectivity index (χ2v) is 18.3. The molecule has 360 valence electrons. The van der Waals surface area contributed by atoms with Crippen LogP contribution in [-0.4, -0.2) is 128 Å². The Hall–Kier alpha value is -6.17. The lowest BCUT2D eigenvalue weighted by Gasteiger charge is -2.39. The highest BCUT2D eigenvalue weighted by Crippen LogP contribution is 2.38. The average molecular weight is 926 g/mol. The van der Waals surface area contributed by atoms with Gasteiger partial charge in [-0.25, -0.2) is 8.78 Å². The first-order valence-corrected chi connectivity index (χ1v) is 23.7. The van der Waals surface area contributed by atoms with Gasteiger partial charge in [0.15, 0.2) is 0 Å². The number of benzene rings is 2. The molecule has 5 aliphatic rings. The van der Waals surface area contributed by atoms with E-state index in [4.69, 9.17) is 5.41 Å². The first-order chi connectivity index (χ1) is 32.3. The molecule has 1 unspecified atom stereocenters. The smallest absolute Gasteiger partial charge is 0.264 e. The van der Waals surface area contributed by atoms with Crippen LogP contribution in [0.2, 0.25) is 0 Å². The van der Waals surface area contributed by atoms with E-state index in [1.807, 2.05) is 11.0 Å². The maximum atomic E-state index is 14.5. The van der Waals surface area contributed by atoms with Crippen LogP contribution in [0.4, 0.5) is 25.8 Å². The molecule has 0 saturated carbocycles. The van der Waals surface area contributed by atoms with Crippen molar-refractivity contribution in [3.05, 3.63) is 70.6 Å². The molecule has 18 heteroatoms. The zero-order chi connectivity index (χ0) is 47.6. The summed E-state index contributed by atoms with van der Waals surface area (Å²) in [6, 6.07) is 9.96. The molecule has 0 aliphatic carbocycles. The highest BCUT2D eigenvalue weighted by Gasteiger charge is 2.33. The van der Waals surface area contributed by atoms with Crippen LogP contribution in [0, 0.1) is 16.7 Å². The first-order valence-electron chi connectivity index (χ1n) is 23.7. The van der Waals surface area contributed by atoms with Gasteiger partial charge in [-0.1, -0.05) is 6.07 Å². The fourth-order valence-electron chi connectivity index (χ4n) is 10.0. The van der Waals surface area contributed by atoms with Gasteiger partial charge < -0.3 is 41.4 Å². The molecule has 5 aliphatic heterocycles. The van der Waals surface area contributed by atoms with Gasteiger partial charge in [-0.2, -0.15) is 0 Å². The Labute approximate surface area is 391 Å². The number of carbonyl (C=O) groups excluding carboxylic acids is 5. The molecular formula is C49H65F2N11O5. The van der Waals surface area contributed by atoms with E-state index >= 15 is 0 Å². The van der Waals surface area contributed by atoms with Gasteiger partial charge in [0.2, 0.25) is 29.5 Å². The van der Waals surface area contributed by atoms with Crippen LogP contribution in [-0.2, 0) is 30.4 Å². The number of nitrogens with zero attached hydrogens (tertiary/aromatic N) is 4. The number of nitrogens with one attached hydrogen (secondary N) is 7. The van der Waals surface area contributed by atoms with Crippen LogP contribution < -0.4 is 31.5 Å². The molecule has 16 nitrogen and oxygen atoms in total. The molecule has 1 atom stereocenters. The normalized spacial score (nSPS) is 20.0. The lowest BCUT2D eigenvalue weighted by Crippen LogP contribution is -2.48. The monoisotopic (exact) mass is 926 g/mol. The summed E-state index contributed by atoms with van der Waals surface area (Å²) in [5.74, 6) is 0.00943. The Kier molecular flexibility index (Phi) is 16.4. The number of carbonyl (C=O) groups is 5. The number of anilines is 3. The van der Waals surface area contributed by atoms with Crippen molar-refractivity contribution in [2.75, 3.05) is 74.9 Å². The first kappa shape index (κ1) is 48.8. The molecule has 0 aromatic heterocycles. The number of alkyl halides is 2. The predicted molar refractivity (Wildman–Crippen MR) is 255 cm³/mol. The van der Waals surface area contributed by atoms with E-state index < -0.39 is 12.5 Å². The van der Waals surface area contributed by atoms with Gasteiger partial charge in [-0.05, 0) is 118 Å². The number of imide groups is 1. The Morgan fingerprint density at radius 3 is 2.37 bits per heavy atom. The maximum Gasteiger partial charge on any atom is 0.264 e. The predicted octanol–water partition coefficient (Wildman–Crippen LogP) is 5.39. The summed E-state index contributed by atoms with van der Waals surface area (Å²) in [5.41, 5.74) is 4.69. The standard InChI is InChI=1S/C49H65F2N11O5/c1-31(63)61-23-17-41(40(29-61)48(53)62-18-5-7-33-24-38(34(27-52)28-54-2)39(47(50)51)26-43(33)62)55-35-15-21-60(22-16-35)46(66)10-3-6-32-13-19-59(20-14-32)30-45(65)57-37-9-4-8-36(25-37)56-42-11-12-44(64)58-49(42)67/h4,8-9,24-28,32,35,42,47,52-56H,3,5-7,10-23,29-30H2,1-2H3,(H,57,65)(H,58,64,67)/b34-28+,52-27?,53-48?. The maximum absolute atomic E-state index is 14.5. The lowest BCUT2D eigenvalue weighted by molar-refractivity contribution is -0.134. The third-order valence-corrected chi connectivity index (χ3v) is 13.7. The van der Waals surface area contributed by atoms with Crippen LogP contribution in [0.15, 0.2) is 53.9 Å². The Bertz CT molecular complexity index is 2270. The number of aryl methyl sites for hydroxylation is 1. The largest absolute Gasteiger partial charge is 0.393 e. The average Bonchev–Trinajstić information content (AvgIpc) is 3.31. The minimum absolute atomic E-state index is 0.0744. The van der Waals surface area contributed by atoms with E-state index in [2.05, 4.69) is 31.5 Å². The van der Waals surface area contributed by atoms with Crippen LogP contribution >= 0.6 is 0 Å². The summed E-state index contributed by atoms with van der Waals surface area (Å²) in [6.07, 6.45) is 8.07. The fourth-order valence-corrected chi connectivity index (χ4v) is 10.0. The van der Waals surface area contributed by atoms with Crippen molar-refractivity contribution in [3.63, 3.8) is 0 Å². The molecule has 7 N–H and O–H groups in total. The lowest BCUT2D eigenvalue weighted by atomic mass is 9.91. The van der Waals surface area contributed by atoms with E-state index in [0.717, 1.165) is 69.1 Å². The number of amides is 5. The summed E-state index contributed by atoms with van der Waals surface area (Å²) < 4.78 is 29.1. The van der Waals surface area contributed by atoms with Gasteiger partial charge in [0.05, 0.1) is 13.1 Å². The van der Waals surface area contributed by atoms with Crippen molar-refractivity contribution in [2.24, 2.45) is 5.92 Å². The quantitative estimate of drug-likeness (QED) is 0.0650. The molecule has 0 radical (unpaired) electrons. The molecule has 0 bridgehead atoms. The zero-order valence-corrected chi connectivity index (χ0v) is 38.7. The number of fused-ring (bicyclic) bond motifs is 1. The number of hydrogen-bond donors (Lipinski definition) is 7. The summed E-state index contributed by atoms with van der Waals surface area (Å²) in [5, 5.41) is 32.4. The molecule has 3 saturated heterocycles. The summed E-state index contributed by atoms with van der Waals surface area (Å²) in [4.78, 5) is 70.1. The van der Waals surface area contributed by atoms with Crippen molar-refractivity contribution < 1.29 is 32.8 Å². The van der Waals surface area contributed by atoms with Crippen molar-refractivity contribution in [1.29, 1.82) is 10.8 Å². The molecule has 3 fully saturated rings. The Balaban J connectivity index is 0.862. The number of halogens is 2. The summed E-state index contributed by atoms with van der Waals surface area (Å²) >= 11 is 0. The van der Waals surface area contributed by atoms with Crippen molar-refractivity contribution in [1.82, 2.24) is 30.7 Å². The second-order valence-electron chi connectivity index (χ2n) is 18.3. The van der Waals surface area contributed by atoms with Gasteiger partial charge >= 0.3 is 0 Å². The van der Waals surface area contributed by atoms with Gasteiger partial charge in [0, 0.05) is 117 Å². The highest BCUT2D eigenvalue weighted by atomic mass is 19.3. The Morgan fingerprint density at radius 2 is 1.67 bits per heavy atom. The molecule has 5 amide bonds. The number of rotatable bonds is 16. The highest BCUT2D eigenvalue weighted by molar-refractivity contribution is 6.11. The molecule has 2 aromatic rings. The van der Waals surface area contributed by atoms with E-state index in [9.17, 15) is 38.2 Å². The van der Waals surface area contributed by atoms with Crippen LogP contribution in [0.25, 0.3) is 5.57 Å². The summed E-state index contributed by atoms with van der Waals surface area (Å²) in [6.45, 7) is 5.86. The van der Waals surface area contributed by atoms with E-state index in [1.165, 1.54) is 19.2 Å². The molecule has 2 aromatic carbocycles. The van der Waals surface area contributed by atoms with Crippen LogP contribution in [0.5, 0.6) is 0 Å². The van der Waals surface area contributed by atoms with Gasteiger partial charge in [0.25, 0.3) is 6.43 Å². The fraction of sp³-hybridized carbons (Fsp3) is 0.531. The summed E-state index contributed by atoms with van der Waals surface area (Å²) in [7, 11) is 1.66. The topological polar surface area (TPSA) is 206 Å². The van der Waals surface area contributed by atoms with Gasteiger partial charge in [-0.15, -0.1) is 0 Å². The van der Waals surface area contributed by atoms with Crippen molar-refractivity contribution in [3.8, 4) is 0 Å². The van der Waals surface area contributed by atoms with E-state index in [-0.39, 0.29) is 66.5 Å². The van der Waals surface area contributed by atoms with Crippen LogP contribution in [0.1, 0.15) is 101 Å². The molecular weight excluding hydrogens is 861 g/mol.